The van der Waals surface area contributed by atoms with Gasteiger partial charge in [0.15, 0.2) is 6.10 Å². The summed E-state index contributed by atoms with van der Waals surface area (Å²) in [6.07, 6.45) is 54.0. The fourth-order valence-electron chi connectivity index (χ4n) is 8.84. The average molecular weight is 906 g/mol. The molecule has 0 rings (SSSR count). The highest BCUT2D eigenvalue weighted by Crippen LogP contribution is 2.18. The minimum Gasteiger partial charge on any atom is -0.462 e. The van der Waals surface area contributed by atoms with Gasteiger partial charge in [0.1, 0.15) is 13.2 Å². The van der Waals surface area contributed by atoms with Gasteiger partial charge in [0, 0.05) is 19.3 Å². The molecule has 0 aromatic heterocycles. The lowest BCUT2D eigenvalue weighted by Crippen LogP contribution is -2.30. The fraction of sp³-hybridized carbons (Fsp3) is 0.948. The molecule has 0 saturated heterocycles. The molecule has 0 amide bonds. The van der Waals surface area contributed by atoms with Crippen molar-refractivity contribution in [1.29, 1.82) is 0 Å². The van der Waals surface area contributed by atoms with Crippen LogP contribution in [0.25, 0.3) is 0 Å². The van der Waals surface area contributed by atoms with Gasteiger partial charge in [0.05, 0.1) is 0 Å². The number of esters is 3. The van der Waals surface area contributed by atoms with E-state index >= 15 is 0 Å². The van der Waals surface area contributed by atoms with E-state index in [1.165, 1.54) is 212 Å². The molecule has 1 unspecified atom stereocenters. The Morgan fingerprint density at radius 1 is 0.328 bits per heavy atom. The standard InChI is InChI=1S/C58H112O6/c1-6-8-9-10-11-12-13-14-19-23-26-29-32-38-43-48-56(59)62-51-55(64-58(61)50-45-40-35-34-36-41-46-53(3)4)52-63-57(60)49-44-39-33-30-27-24-21-18-16-15-17-20-22-25-28-31-37-42-47-54(5)7-2/h53-55H,6-52H2,1-5H3/t54?,55-/m1/s1. The Labute approximate surface area is 399 Å². The quantitative estimate of drug-likeness (QED) is 0.0344. The fourth-order valence-corrected chi connectivity index (χ4v) is 8.84. The highest BCUT2D eigenvalue weighted by atomic mass is 16.6. The number of ether oxygens (including phenoxy) is 3. The second-order valence-electron chi connectivity index (χ2n) is 20.6. The van der Waals surface area contributed by atoms with E-state index < -0.39 is 6.10 Å². The zero-order valence-corrected chi connectivity index (χ0v) is 43.9. The van der Waals surface area contributed by atoms with E-state index in [0.29, 0.717) is 19.3 Å². The van der Waals surface area contributed by atoms with Crippen LogP contribution < -0.4 is 0 Å². The van der Waals surface area contributed by atoms with Crippen LogP contribution >= 0.6 is 0 Å². The minimum atomic E-state index is -0.763. The highest BCUT2D eigenvalue weighted by Gasteiger charge is 2.19. The van der Waals surface area contributed by atoms with E-state index in [1.807, 2.05) is 0 Å². The zero-order valence-electron chi connectivity index (χ0n) is 43.9. The maximum atomic E-state index is 12.8. The van der Waals surface area contributed by atoms with Crippen molar-refractivity contribution in [2.24, 2.45) is 11.8 Å². The zero-order chi connectivity index (χ0) is 46.8. The molecule has 0 bridgehead atoms. The van der Waals surface area contributed by atoms with Crippen LogP contribution in [0.5, 0.6) is 0 Å². The van der Waals surface area contributed by atoms with Gasteiger partial charge in [-0.1, -0.05) is 285 Å². The van der Waals surface area contributed by atoms with E-state index in [2.05, 4.69) is 34.6 Å². The van der Waals surface area contributed by atoms with Gasteiger partial charge in [-0.05, 0) is 31.1 Å². The van der Waals surface area contributed by atoms with Crippen molar-refractivity contribution in [1.82, 2.24) is 0 Å². The third-order valence-electron chi connectivity index (χ3n) is 13.6. The van der Waals surface area contributed by atoms with Gasteiger partial charge < -0.3 is 14.2 Å². The molecule has 0 saturated carbocycles. The molecule has 6 heteroatoms. The molecule has 0 aliphatic heterocycles. The molecule has 0 aromatic carbocycles. The molecule has 0 N–H and O–H groups in total. The van der Waals surface area contributed by atoms with Crippen molar-refractivity contribution in [3.8, 4) is 0 Å². The molecule has 0 aromatic rings. The van der Waals surface area contributed by atoms with E-state index in [9.17, 15) is 14.4 Å². The van der Waals surface area contributed by atoms with Gasteiger partial charge in [-0.25, -0.2) is 0 Å². The lowest BCUT2D eigenvalue weighted by atomic mass is 9.99. The number of carbonyl (C=O) groups is 3. The normalized spacial score (nSPS) is 12.5. The molecule has 64 heavy (non-hydrogen) atoms. The number of rotatable bonds is 52. The van der Waals surface area contributed by atoms with Crippen molar-refractivity contribution in [3.63, 3.8) is 0 Å². The summed E-state index contributed by atoms with van der Waals surface area (Å²) in [5.41, 5.74) is 0. The number of carbonyl (C=O) groups excluding carboxylic acids is 3. The molecule has 6 nitrogen and oxygen atoms in total. The van der Waals surface area contributed by atoms with Crippen molar-refractivity contribution < 1.29 is 28.6 Å². The maximum absolute atomic E-state index is 12.8. The maximum Gasteiger partial charge on any atom is 0.306 e. The van der Waals surface area contributed by atoms with Gasteiger partial charge >= 0.3 is 17.9 Å². The predicted molar refractivity (Wildman–Crippen MR) is 275 cm³/mol. The first-order chi connectivity index (χ1) is 31.3. The van der Waals surface area contributed by atoms with Gasteiger partial charge in [-0.2, -0.15) is 0 Å². The second kappa shape index (κ2) is 50.8. The minimum absolute atomic E-state index is 0.0641. The van der Waals surface area contributed by atoms with E-state index in [0.717, 1.165) is 69.6 Å². The molecule has 0 fully saturated rings. The topological polar surface area (TPSA) is 78.9 Å². The monoisotopic (exact) mass is 905 g/mol. The SMILES string of the molecule is CCCCCCCCCCCCCCCCCC(=O)OC[C@H](COC(=O)CCCCCCCCCCCCCCCCCCCCC(C)CC)OC(=O)CCCCCCCCC(C)C. The molecule has 380 valence electrons. The Bertz CT molecular complexity index is 980. The predicted octanol–water partition coefficient (Wildman–Crippen LogP) is 18.9. The molecule has 2 atom stereocenters. The van der Waals surface area contributed by atoms with Crippen LogP contribution in [0.15, 0.2) is 0 Å². The third kappa shape index (κ3) is 49.8. The lowest BCUT2D eigenvalue weighted by Gasteiger charge is -2.18. The third-order valence-corrected chi connectivity index (χ3v) is 13.6. The Hall–Kier alpha value is -1.59. The highest BCUT2D eigenvalue weighted by molar-refractivity contribution is 5.71. The Morgan fingerprint density at radius 2 is 0.594 bits per heavy atom. The van der Waals surface area contributed by atoms with Gasteiger partial charge in [-0.15, -0.1) is 0 Å². The summed E-state index contributed by atoms with van der Waals surface area (Å²) in [6.45, 7) is 11.4. The van der Waals surface area contributed by atoms with Crippen LogP contribution in [0.2, 0.25) is 0 Å². The van der Waals surface area contributed by atoms with Gasteiger partial charge in [-0.3, -0.25) is 14.4 Å². The first kappa shape index (κ1) is 62.4. The van der Waals surface area contributed by atoms with Crippen LogP contribution in [-0.2, 0) is 28.6 Å². The first-order valence-electron chi connectivity index (χ1n) is 28.8. The van der Waals surface area contributed by atoms with Crippen molar-refractivity contribution in [3.05, 3.63) is 0 Å². The lowest BCUT2D eigenvalue weighted by molar-refractivity contribution is -0.167. The summed E-state index contributed by atoms with van der Waals surface area (Å²) in [6, 6.07) is 0. The number of unbranched alkanes of at least 4 members (excludes halogenated alkanes) is 36. The average Bonchev–Trinajstić information content (AvgIpc) is 3.28. The molecule has 0 aliphatic rings. The van der Waals surface area contributed by atoms with E-state index in [4.69, 9.17) is 14.2 Å². The smallest absolute Gasteiger partial charge is 0.306 e. The van der Waals surface area contributed by atoms with E-state index in [-0.39, 0.29) is 31.1 Å². The first-order valence-corrected chi connectivity index (χ1v) is 28.8. The Balaban J connectivity index is 4.15. The molecule has 0 heterocycles. The van der Waals surface area contributed by atoms with Crippen LogP contribution in [0.3, 0.4) is 0 Å². The van der Waals surface area contributed by atoms with Gasteiger partial charge in [0.25, 0.3) is 0 Å². The molecular weight excluding hydrogens is 793 g/mol. The molecule has 0 aliphatic carbocycles. The van der Waals surface area contributed by atoms with Crippen molar-refractivity contribution in [2.45, 2.75) is 330 Å². The summed E-state index contributed by atoms with van der Waals surface area (Å²) < 4.78 is 16.8. The van der Waals surface area contributed by atoms with Crippen molar-refractivity contribution in [2.75, 3.05) is 13.2 Å². The second-order valence-corrected chi connectivity index (χ2v) is 20.6. The van der Waals surface area contributed by atoms with Crippen LogP contribution in [-0.4, -0.2) is 37.2 Å². The van der Waals surface area contributed by atoms with E-state index in [1.54, 1.807) is 0 Å². The van der Waals surface area contributed by atoms with Crippen molar-refractivity contribution >= 4 is 17.9 Å². The molecule has 0 spiro atoms. The van der Waals surface area contributed by atoms with Crippen LogP contribution in [0.1, 0.15) is 324 Å². The summed E-state index contributed by atoms with van der Waals surface area (Å²) in [4.78, 5) is 38.0. The Morgan fingerprint density at radius 3 is 0.891 bits per heavy atom. The number of hydrogen-bond donors (Lipinski definition) is 0. The van der Waals surface area contributed by atoms with Crippen LogP contribution in [0.4, 0.5) is 0 Å². The summed E-state index contributed by atoms with van der Waals surface area (Å²) in [7, 11) is 0. The summed E-state index contributed by atoms with van der Waals surface area (Å²) in [5, 5.41) is 0. The van der Waals surface area contributed by atoms with Gasteiger partial charge in [0.2, 0.25) is 0 Å². The summed E-state index contributed by atoms with van der Waals surface area (Å²) in [5.74, 6) is 0.822. The number of hydrogen-bond acceptors (Lipinski definition) is 6. The summed E-state index contributed by atoms with van der Waals surface area (Å²) >= 11 is 0. The van der Waals surface area contributed by atoms with Crippen LogP contribution in [0, 0.1) is 11.8 Å². The largest absolute Gasteiger partial charge is 0.462 e. The molecular formula is C58H112O6. The Kier molecular flexibility index (Phi) is 49.6. The molecule has 0 radical (unpaired) electrons.